The molecule has 0 spiro atoms. The second-order valence-electron chi connectivity index (χ2n) is 14.9. The predicted molar refractivity (Wildman–Crippen MR) is 155 cm³/mol. The molecule has 7 nitrogen and oxygen atoms in total. The van der Waals surface area contributed by atoms with Gasteiger partial charge in [0, 0.05) is 0 Å². The Bertz CT molecular complexity index is 857. The lowest BCUT2D eigenvalue weighted by atomic mass is 9.47. The van der Waals surface area contributed by atoms with E-state index in [1.165, 1.54) is 57.8 Å². The summed E-state index contributed by atoms with van der Waals surface area (Å²) in [6, 6.07) is 0. The lowest BCUT2D eigenvalue weighted by Gasteiger charge is -2.58. The average Bonchev–Trinajstić information content (AvgIpc) is 3.27. The van der Waals surface area contributed by atoms with Gasteiger partial charge in [-0.3, -0.25) is 0 Å². The summed E-state index contributed by atoms with van der Waals surface area (Å²) in [6.45, 7) is 12.0. The minimum Gasteiger partial charge on any atom is -0.394 e. The van der Waals surface area contributed by atoms with Crippen molar-refractivity contribution in [2.75, 3.05) is 6.61 Å². The molecular weight excluding hydrogens is 508 g/mol. The van der Waals surface area contributed by atoms with Crippen molar-refractivity contribution in [1.82, 2.24) is 0 Å². The van der Waals surface area contributed by atoms with Gasteiger partial charge in [0.15, 0.2) is 6.29 Å². The van der Waals surface area contributed by atoms with E-state index in [1.807, 2.05) is 0 Å². The Kier molecular flexibility index (Phi) is 10.5. The summed E-state index contributed by atoms with van der Waals surface area (Å²) < 4.78 is 4.58. The Morgan fingerprint density at radius 3 is 2.27 bits per heavy atom. The molecule has 5 rings (SSSR count). The largest absolute Gasteiger partial charge is 0.394 e. The van der Waals surface area contributed by atoms with Crippen LogP contribution in [-0.4, -0.2) is 74.1 Å². The molecule has 0 aromatic carbocycles. The van der Waals surface area contributed by atoms with Crippen LogP contribution in [0.15, 0.2) is 11.6 Å². The van der Waals surface area contributed by atoms with E-state index >= 15 is 0 Å². The summed E-state index contributed by atoms with van der Waals surface area (Å²) >= 11 is 0. The molecule has 8 unspecified atom stereocenters. The summed E-state index contributed by atoms with van der Waals surface area (Å²) in [4.78, 5) is 0. The van der Waals surface area contributed by atoms with Crippen LogP contribution in [0.2, 0.25) is 0 Å². The Morgan fingerprint density at radius 2 is 1.60 bits per heavy atom. The van der Waals surface area contributed by atoms with Crippen LogP contribution >= 0.6 is 0 Å². The van der Waals surface area contributed by atoms with E-state index in [0.29, 0.717) is 10.8 Å². The summed E-state index contributed by atoms with van der Waals surface area (Å²) in [5.74, 6) is 5.46. The lowest BCUT2D eigenvalue weighted by Crippen LogP contribution is -2.58. The SMILES string of the molecule is CC(C)CCCC(C)C1CCC2C3CC=C4CC(O)CCC4(C)C3CCC12C.OC[C@H]1O[C@H](O)[C@H](O)[C@@H](O)[C@H]1O. The highest BCUT2D eigenvalue weighted by molar-refractivity contribution is 5.25. The summed E-state index contributed by atoms with van der Waals surface area (Å²) in [6.07, 6.45) is 10.1. The molecule has 0 aromatic rings. The smallest absolute Gasteiger partial charge is 0.184 e. The molecule has 13 atom stereocenters. The first-order valence-corrected chi connectivity index (χ1v) is 16.2. The Morgan fingerprint density at radius 1 is 0.875 bits per heavy atom. The molecule has 0 amide bonds. The Balaban J connectivity index is 0.000000259. The molecule has 6 N–H and O–H groups in total. The van der Waals surface area contributed by atoms with Gasteiger partial charge >= 0.3 is 0 Å². The topological polar surface area (TPSA) is 131 Å². The number of hydrogen-bond acceptors (Lipinski definition) is 7. The van der Waals surface area contributed by atoms with Gasteiger partial charge in [-0.25, -0.2) is 0 Å². The number of hydrogen-bond donors (Lipinski definition) is 6. The van der Waals surface area contributed by atoms with Crippen molar-refractivity contribution < 1.29 is 35.4 Å². The molecule has 7 heteroatoms. The number of ether oxygens (including phenoxy) is 1. The zero-order valence-corrected chi connectivity index (χ0v) is 25.6. The number of aliphatic hydroxyl groups is 6. The minimum absolute atomic E-state index is 0.0766. The van der Waals surface area contributed by atoms with Gasteiger partial charge in [0.2, 0.25) is 0 Å². The molecule has 3 saturated carbocycles. The van der Waals surface area contributed by atoms with E-state index in [1.54, 1.807) is 5.57 Å². The van der Waals surface area contributed by atoms with Crippen LogP contribution in [0, 0.1) is 46.3 Å². The van der Waals surface area contributed by atoms with E-state index < -0.39 is 37.3 Å². The van der Waals surface area contributed by atoms with E-state index in [9.17, 15) is 5.11 Å². The molecule has 0 bridgehead atoms. The van der Waals surface area contributed by atoms with Crippen molar-refractivity contribution in [3.05, 3.63) is 11.6 Å². The molecule has 40 heavy (non-hydrogen) atoms. The molecule has 232 valence electrons. The van der Waals surface area contributed by atoms with Crippen molar-refractivity contribution in [3.63, 3.8) is 0 Å². The van der Waals surface area contributed by atoms with Crippen LogP contribution in [0.25, 0.3) is 0 Å². The Labute approximate surface area is 242 Å². The van der Waals surface area contributed by atoms with Crippen molar-refractivity contribution in [2.45, 2.75) is 142 Å². The normalized spacial score (nSPS) is 47.4. The minimum atomic E-state index is -1.57. The molecule has 1 heterocycles. The fourth-order valence-corrected chi connectivity index (χ4v) is 9.75. The molecule has 1 aliphatic heterocycles. The second-order valence-corrected chi connectivity index (χ2v) is 14.9. The van der Waals surface area contributed by atoms with Crippen molar-refractivity contribution in [1.29, 1.82) is 0 Å². The van der Waals surface area contributed by atoms with Gasteiger partial charge in [-0.05, 0) is 97.7 Å². The zero-order chi connectivity index (χ0) is 29.4. The highest BCUT2D eigenvalue weighted by Crippen LogP contribution is 2.67. The number of allylic oxidation sites excluding steroid dienone is 1. The average molecular weight is 567 g/mol. The molecule has 0 radical (unpaired) electrons. The van der Waals surface area contributed by atoms with Crippen molar-refractivity contribution in [3.8, 4) is 0 Å². The number of rotatable bonds is 6. The first kappa shape index (κ1) is 32.4. The van der Waals surface area contributed by atoms with Crippen LogP contribution in [0.1, 0.15) is 105 Å². The highest BCUT2D eigenvalue weighted by Gasteiger charge is 2.59. The lowest BCUT2D eigenvalue weighted by molar-refractivity contribution is -0.286. The maximum Gasteiger partial charge on any atom is 0.184 e. The van der Waals surface area contributed by atoms with E-state index in [0.717, 1.165) is 48.3 Å². The zero-order valence-electron chi connectivity index (χ0n) is 25.6. The standard InChI is InChI=1S/C27H46O.C6H12O6/c1-18(2)7-6-8-19(3)23-11-12-24-22-10-9-20-17-21(28)13-15-26(20,4)25(22)14-16-27(23,24)5;7-1-2-3(8)4(9)5(10)6(11)12-2/h9,18-19,21-25,28H,6-8,10-17H2,1-5H3;2-11H,1H2/t;2-,3+,4+,5-,6+/m.1/s1. The van der Waals surface area contributed by atoms with E-state index in [-0.39, 0.29) is 6.10 Å². The van der Waals surface area contributed by atoms with Crippen molar-refractivity contribution in [2.24, 2.45) is 46.3 Å². The Hall–Kier alpha value is -0.540. The van der Waals surface area contributed by atoms with E-state index in [4.69, 9.17) is 25.5 Å². The molecular formula is C33H58O7. The van der Waals surface area contributed by atoms with E-state index in [2.05, 4.69) is 45.4 Å². The fraction of sp³-hybridized carbons (Fsp3) is 0.939. The van der Waals surface area contributed by atoms with Crippen molar-refractivity contribution >= 4 is 0 Å². The number of aliphatic hydroxyl groups excluding tert-OH is 6. The fourth-order valence-electron chi connectivity index (χ4n) is 9.75. The summed E-state index contributed by atoms with van der Waals surface area (Å²) in [7, 11) is 0. The molecule has 0 aromatic heterocycles. The predicted octanol–water partition coefficient (Wildman–Crippen LogP) is 4.17. The first-order chi connectivity index (χ1) is 18.8. The quantitative estimate of drug-likeness (QED) is 0.266. The van der Waals surface area contributed by atoms with Gasteiger partial charge in [-0.2, -0.15) is 0 Å². The van der Waals surface area contributed by atoms with Crippen LogP contribution in [-0.2, 0) is 4.74 Å². The van der Waals surface area contributed by atoms with Gasteiger partial charge in [0.05, 0.1) is 12.7 Å². The van der Waals surface area contributed by atoms with Gasteiger partial charge < -0.3 is 35.4 Å². The van der Waals surface area contributed by atoms with Crippen LogP contribution in [0.4, 0.5) is 0 Å². The first-order valence-electron chi connectivity index (χ1n) is 16.2. The third-order valence-corrected chi connectivity index (χ3v) is 12.1. The van der Waals surface area contributed by atoms with Gasteiger partial charge in [0.1, 0.15) is 24.4 Å². The molecule has 5 aliphatic rings. The summed E-state index contributed by atoms with van der Waals surface area (Å²) in [5.41, 5.74) is 2.60. The second kappa shape index (κ2) is 13.0. The highest BCUT2D eigenvalue weighted by atomic mass is 16.6. The van der Waals surface area contributed by atoms with Gasteiger partial charge in [-0.1, -0.05) is 65.5 Å². The monoisotopic (exact) mass is 566 g/mol. The van der Waals surface area contributed by atoms with Crippen LogP contribution in [0.5, 0.6) is 0 Å². The third kappa shape index (κ3) is 6.22. The van der Waals surface area contributed by atoms with Gasteiger partial charge in [0.25, 0.3) is 0 Å². The summed E-state index contributed by atoms with van der Waals surface area (Å²) in [5, 5.41) is 54.9. The maximum absolute atomic E-state index is 10.2. The molecule has 4 aliphatic carbocycles. The molecule has 1 saturated heterocycles. The van der Waals surface area contributed by atoms with Crippen LogP contribution < -0.4 is 0 Å². The maximum atomic E-state index is 10.2. The molecule has 4 fully saturated rings. The van der Waals surface area contributed by atoms with Crippen LogP contribution in [0.3, 0.4) is 0 Å². The third-order valence-electron chi connectivity index (χ3n) is 12.1. The van der Waals surface area contributed by atoms with Gasteiger partial charge in [-0.15, -0.1) is 0 Å². The number of fused-ring (bicyclic) bond motifs is 5.